The molecule has 0 radical (unpaired) electrons. The SMILES string of the molecule is Cc1cc(C)c(C(C)NC(C)c2cccc(Cl)c2)c(C)c1. The van der Waals surface area contributed by atoms with Crippen molar-refractivity contribution < 1.29 is 0 Å². The van der Waals surface area contributed by atoms with Crippen LogP contribution in [0.5, 0.6) is 0 Å². The minimum Gasteiger partial charge on any atom is -0.304 e. The lowest BCUT2D eigenvalue weighted by molar-refractivity contribution is 0.491. The summed E-state index contributed by atoms with van der Waals surface area (Å²) in [5, 5.41) is 4.47. The van der Waals surface area contributed by atoms with Gasteiger partial charge in [-0.3, -0.25) is 0 Å². The molecule has 1 N–H and O–H groups in total. The smallest absolute Gasteiger partial charge is 0.0409 e. The molecule has 0 aliphatic carbocycles. The van der Waals surface area contributed by atoms with E-state index in [0.29, 0.717) is 6.04 Å². The molecule has 2 aromatic carbocycles. The van der Waals surface area contributed by atoms with E-state index < -0.39 is 0 Å². The van der Waals surface area contributed by atoms with E-state index in [1.165, 1.54) is 27.8 Å². The number of hydrogen-bond donors (Lipinski definition) is 1. The summed E-state index contributed by atoms with van der Waals surface area (Å²) in [6.45, 7) is 10.9. The molecule has 21 heavy (non-hydrogen) atoms. The first kappa shape index (κ1) is 16.1. The number of hydrogen-bond acceptors (Lipinski definition) is 1. The highest BCUT2D eigenvalue weighted by atomic mass is 35.5. The second-order valence-corrected chi connectivity index (χ2v) is 6.41. The summed E-state index contributed by atoms with van der Waals surface area (Å²) in [7, 11) is 0. The van der Waals surface area contributed by atoms with Crippen molar-refractivity contribution >= 4 is 11.6 Å². The van der Waals surface area contributed by atoms with Gasteiger partial charge in [0.1, 0.15) is 0 Å². The Morgan fingerprint density at radius 3 is 2.10 bits per heavy atom. The molecule has 2 rings (SSSR count). The lowest BCUT2D eigenvalue weighted by Gasteiger charge is -2.24. The van der Waals surface area contributed by atoms with E-state index >= 15 is 0 Å². The van der Waals surface area contributed by atoms with Gasteiger partial charge in [-0.05, 0) is 69.0 Å². The number of halogens is 1. The average Bonchev–Trinajstić information content (AvgIpc) is 2.37. The van der Waals surface area contributed by atoms with Gasteiger partial charge in [-0.25, -0.2) is 0 Å². The summed E-state index contributed by atoms with van der Waals surface area (Å²) >= 11 is 6.08. The Labute approximate surface area is 133 Å². The largest absolute Gasteiger partial charge is 0.304 e. The summed E-state index contributed by atoms with van der Waals surface area (Å²) < 4.78 is 0. The Morgan fingerprint density at radius 1 is 0.905 bits per heavy atom. The van der Waals surface area contributed by atoms with E-state index in [9.17, 15) is 0 Å². The van der Waals surface area contributed by atoms with Gasteiger partial charge in [0.25, 0.3) is 0 Å². The highest BCUT2D eigenvalue weighted by Gasteiger charge is 2.15. The van der Waals surface area contributed by atoms with Gasteiger partial charge in [0, 0.05) is 17.1 Å². The second kappa shape index (κ2) is 6.64. The van der Waals surface area contributed by atoms with Crippen molar-refractivity contribution in [2.45, 2.75) is 46.7 Å². The molecular weight excluding hydrogens is 278 g/mol. The molecule has 112 valence electrons. The lowest BCUT2D eigenvalue weighted by Crippen LogP contribution is -2.23. The molecule has 0 aliphatic rings. The van der Waals surface area contributed by atoms with Crippen molar-refractivity contribution in [2.24, 2.45) is 0 Å². The maximum atomic E-state index is 6.08. The fraction of sp³-hybridized carbons (Fsp3) is 0.368. The van der Waals surface area contributed by atoms with Crippen molar-refractivity contribution in [3.8, 4) is 0 Å². The average molecular weight is 302 g/mol. The lowest BCUT2D eigenvalue weighted by atomic mass is 9.94. The van der Waals surface area contributed by atoms with Crippen LogP contribution in [0.25, 0.3) is 0 Å². The molecule has 2 unspecified atom stereocenters. The molecule has 0 heterocycles. The highest BCUT2D eigenvalue weighted by molar-refractivity contribution is 6.30. The van der Waals surface area contributed by atoms with Crippen LogP contribution in [-0.4, -0.2) is 0 Å². The second-order valence-electron chi connectivity index (χ2n) is 5.98. The molecule has 0 saturated carbocycles. The van der Waals surface area contributed by atoms with Crippen molar-refractivity contribution in [3.63, 3.8) is 0 Å². The van der Waals surface area contributed by atoms with E-state index in [4.69, 9.17) is 11.6 Å². The minimum atomic E-state index is 0.263. The van der Waals surface area contributed by atoms with E-state index in [-0.39, 0.29) is 6.04 Å². The van der Waals surface area contributed by atoms with Gasteiger partial charge in [0.2, 0.25) is 0 Å². The van der Waals surface area contributed by atoms with E-state index in [1.807, 2.05) is 18.2 Å². The molecule has 0 spiro atoms. The molecule has 2 atom stereocenters. The van der Waals surface area contributed by atoms with Crippen LogP contribution < -0.4 is 5.32 Å². The third kappa shape index (κ3) is 3.87. The van der Waals surface area contributed by atoms with Crippen molar-refractivity contribution in [1.29, 1.82) is 0 Å². The van der Waals surface area contributed by atoms with Crippen LogP contribution in [0.4, 0.5) is 0 Å². The Balaban J connectivity index is 2.20. The van der Waals surface area contributed by atoms with Gasteiger partial charge in [-0.1, -0.05) is 41.4 Å². The predicted octanol–water partition coefficient (Wildman–Crippen LogP) is 5.68. The van der Waals surface area contributed by atoms with E-state index in [0.717, 1.165) is 5.02 Å². The molecule has 0 fully saturated rings. The van der Waals surface area contributed by atoms with Crippen LogP contribution in [-0.2, 0) is 0 Å². The first-order valence-electron chi connectivity index (χ1n) is 7.47. The monoisotopic (exact) mass is 301 g/mol. The van der Waals surface area contributed by atoms with Crippen LogP contribution in [0.15, 0.2) is 36.4 Å². The molecular formula is C19H24ClN. The fourth-order valence-electron chi connectivity index (χ4n) is 3.20. The topological polar surface area (TPSA) is 12.0 Å². The van der Waals surface area contributed by atoms with Crippen molar-refractivity contribution in [3.05, 3.63) is 69.2 Å². The van der Waals surface area contributed by atoms with Gasteiger partial charge in [0.15, 0.2) is 0 Å². The summed E-state index contributed by atoms with van der Waals surface area (Å²) in [6, 6.07) is 13.1. The first-order chi connectivity index (χ1) is 9.88. The zero-order chi connectivity index (χ0) is 15.6. The van der Waals surface area contributed by atoms with Gasteiger partial charge in [0.05, 0.1) is 0 Å². The van der Waals surface area contributed by atoms with Gasteiger partial charge >= 0.3 is 0 Å². The van der Waals surface area contributed by atoms with Crippen LogP contribution >= 0.6 is 11.6 Å². The predicted molar refractivity (Wildman–Crippen MR) is 92.1 cm³/mol. The zero-order valence-electron chi connectivity index (χ0n) is 13.5. The number of nitrogens with one attached hydrogen (secondary N) is 1. The molecule has 0 saturated heterocycles. The summed E-state index contributed by atoms with van der Waals surface area (Å²) in [4.78, 5) is 0. The summed E-state index contributed by atoms with van der Waals surface area (Å²) in [6.07, 6.45) is 0. The van der Waals surface area contributed by atoms with Crippen LogP contribution in [0.2, 0.25) is 5.02 Å². The molecule has 0 aromatic heterocycles. The Bertz CT molecular complexity index is 610. The minimum absolute atomic E-state index is 0.263. The first-order valence-corrected chi connectivity index (χ1v) is 7.85. The van der Waals surface area contributed by atoms with Crippen LogP contribution in [0.3, 0.4) is 0 Å². The third-order valence-electron chi connectivity index (χ3n) is 4.02. The summed E-state index contributed by atoms with van der Waals surface area (Å²) in [5.74, 6) is 0. The van der Waals surface area contributed by atoms with Crippen molar-refractivity contribution in [1.82, 2.24) is 5.32 Å². The maximum absolute atomic E-state index is 6.08. The molecule has 0 aliphatic heterocycles. The summed E-state index contributed by atoms with van der Waals surface area (Å²) in [5.41, 5.74) is 6.65. The van der Waals surface area contributed by atoms with Crippen molar-refractivity contribution in [2.75, 3.05) is 0 Å². The quantitative estimate of drug-likeness (QED) is 0.766. The maximum Gasteiger partial charge on any atom is 0.0409 e. The highest BCUT2D eigenvalue weighted by Crippen LogP contribution is 2.26. The number of aryl methyl sites for hydroxylation is 3. The molecule has 0 amide bonds. The van der Waals surface area contributed by atoms with Gasteiger partial charge < -0.3 is 5.32 Å². The van der Waals surface area contributed by atoms with Gasteiger partial charge in [-0.15, -0.1) is 0 Å². The number of benzene rings is 2. The van der Waals surface area contributed by atoms with Gasteiger partial charge in [-0.2, -0.15) is 0 Å². The standard InChI is InChI=1S/C19H24ClN/c1-12-9-13(2)19(14(3)10-12)16(5)21-15(4)17-7-6-8-18(20)11-17/h6-11,15-16,21H,1-5H3. The third-order valence-corrected chi connectivity index (χ3v) is 4.25. The molecule has 1 nitrogen and oxygen atoms in total. The van der Waals surface area contributed by atoms with E-state index in [2.05, 4.69) is 58.1 Å². The molecule has 2 aromatic rings. The Morgan fingerprint density at radius 2 is 1.52 bits per heavy atom. The van der Waals surface area contributed by atoms with Crippen LogP contribution in [0.1, 0.15) is 53.7 Å². The Kier molecular flexibility index (Phi) is 5.08. The zero-order valence-corrected chi connectivity index (χ0v) is 14.3. The molecule has 0 bridgehead atoms. The normalized spacial score (nSPS) is 14.0. The fourth-order valence-corrected chi connectivity index (χ4v) is 3.40. The number of rotatable bonds is 4. The Hall–Kier alpha value is -1.31. The van der Waals surface area contributed by atoms with Crippen LogP contribution in [0, 0.1) is 20.8 Å². The molecule has 2 heteroatoms. The van der Waals surface area contributed by atoms with E-state index in [1.54, 1.807) is 0 Å².